The second-order valence-electron chi connectivity index (χ2n) is 7.66. The Morgan fingerprint density at radius 3 is 1.97 bits per heavy atom. The van der Waals surface area contributed by atoms with E-state index in [1.54, 1.807) is 31.2 Å². The second-order valence-corrected chi connectivity index (χ2v) is 9.58. The normalized spacial score (nSPS) is 21.5. The topological polar surface area (TPSA) is 113 Å². The summed E-state index contributed by atoms with van der Waals surface area (Å²) in [7, 11) is -4.01. The van der Waals surface area contributed by atoms with E-state index in [0.29, 0.717) is 0 Å². The van der Waals surface area contributed by atoms with Crippen LogP contribution in [0.25, 0.3) is 0 Å². The average Bonchev–Trinajstić information content (AvgIpc) is 2.89. The smallest absolute Gasteiger partial charge is 0.316 e. The molecule has 2 aliphatic rings. The molecular weight excluding hydrogens is 418 g/mol. The van der Waals surface area contributed by atoms with Gasteiger partial charge in [0, 0.05) is 11.6 Å². The number of nitrogens with one attached hydrogen (secondary N) is 2. The molecule has 2 atom stereocenters. The molecule has 4 amide bonds. The molecule has 0 radical (unpaired) electrons. The minimum absolute atomic E-state index is 0.0590. The van der Waals surface area contributed by atoms with Gasteiger partial charge in [0.2, 0.25) is 9.84 Å². The molecule has 0 bridgehead atoms. The predicted octanol–water partition coefficient (Wildman–Crippen LogP) is 2.57. The molecule has 2 aromatic rings. The quantitative estimate of drug-likeness (QED) is 0.714. The first-order valence-electron chi connectivity index (χ1n) is 9.70. The Morgan fingerprint density at radius 2 is 1.42 bits per heavy atom. The Balaban J connectivity index is 1.81. The van der Waals surface area contributed by atoms with E-state index < -0.39 is 39.8 Å². The van der Waals surface area contributed by atoms with Gasteiger partial charge in [-0.1, -0.05) is 36.8 Å². The first-order valence-corrected chi connectivity index (χ1v) is 11.2. The zero-order chi connectivity index (χ0) is 22.5. The lowest BCUT2D eigenvalue weighted by atomic mass is 10.1. The summed E-state index contributed by atoms with van der Waals surface area (Å²) >= 11 is 0. The van der Waals surface area contributed by atoms with Crippen LogP contribution in [0.4, 0.5) is 4.79 Å². The van der Waals surface area contributed by atoms with E-state index in [4.69, 9.17) is 0 Å². The molecule has 0 unspecified atom stereocenters. The van der Waals surface area contributed by atoms with Crippen molar-refractivity contribution in [3.05, 3.63) is 75.8 Å². The SMILES string of the molecule is CC1=C(S(=O)(=O)c2ccc(C)cc2)[C@H](C)[C@@H](N2C(=O)c3ccccc3C2=O)NC(=O)N1. The van der Waals surface area contributed by atoms with Crippen LogP contribution in [0.15, 0.2) is 64.0 Å². The molecule has 0 aromatic heterocycles. The first-order chi connectivity index (χ1) is 14.6. The van der Waals surface area contributed by atoms with Crippen LogP contribution in [-0.2, 0) is 9.84 Å². The van der Waals surface area contributed by atoms with Crippen molar-refractivity contribution >= 4 is 27.7 Å². The van der Waals surface area contributed by atoms with Crippen molar-refractivity contribution in [3.63, 3.8) is 0 Å². The molecule has 160 valence electrons. The van der Waals surface area contributed by atoms with Crippen LogP contribution in [0.5, 0.6) is 0 Å². The number of imide groups is 1. The van der Waals surface area contributed by atoms with E-state index in [1.165, 1.54) is 31.2 Å². The van der Waals surface area contributed by atoms with Gasteiger partial charge in [-0.2, -0.15) is 0 Å². The molecule has 0 saturated heterocycles. The Hall–Kier alpha value is -3.46. The van der Waals surface area contributed by atoms with E-state index in [1.807, 2.05) is 6.92 Å². The Labute approximate surface area is 179 Å². The van der Waals surface area contributed by atoms with Crippen molar-refractivity contribution in [3.8, 4) is 0 Å². The molecule has 0 saturated carbocycles. The summed E-state index contributed by atoms with van der Waals surface area (Å²) in [6.07, 6.45) is -1.18. The molecule has 2 aliphatic heterocycles. The molecule has 9 heteroatoms. The average molecular weight is 439 g/mol. The molecule has 0 fully saturated rings. The number of sulfone groups is 1. The highest BCUT2D eigenvalue weighted by Gasteiger charge is 2.46. The van der Waals surface area contributed by atoms with Gasteiger partial charge >= 0.3 is 6.03 Å². The maximum absolute atomic E-state index is 13.5. The van der Waals surface area contributed by atoms with E-state index in [-0.39, 0.29) is 26.6 Å². The van der Waals surface area contributed by atoms with Crippen LogP contribution in [0.1, 0.15) is 40.1 Å². The Kier molecular flexibility index (Phi) is 4.93. The van der Waals surface area contributed by atoms with Crippen LogP contribution in [0, 0.1) is 12.8 Å². The summed E-state index contributed by atoms with van der Waals surface area (Å²) in [5.74, 6) is -2.05. The van der Waals surface area contributed by atoms with Gasteiger partial charge in [0.25, 0.3) is 11.8 Å². The van der Waals surface area contributed by atoms with Crippen LogP contribution in [0.2, 0.25) is 0 Å². The number of fused-ring (bicyclic) bond motifs is 1. The minimum Gasteiger partial charge on any atom is -0.316 e. The van der Waals surface area contributed by atoms with Crippen LogP contribution < -0.4 is 10.6 Å². The molecule has 0 aliphatic carbocycles. The van der Waals surface area contributed by atoms with Crippen molar-refractivity contribution in [2.45, 2.75) is 31.8 Å². The maximum atomic E-state index is 13.5. The van der Waals surface area contributed by atoms with Gasteiger partial charge in [0.15, 0.2) is 0 Å². The predicted molar refractivity (Wildman–Crippen MR) is 113 cm³/mol. The first kappa shape index (κ1) is 20.8. The molecule has 4 rings (SSSR count). The third-order valence-corrected chi connectivity index (χ3v) is 7.71. The van der Waals surface area contributed by atoms with E-state index >= 15 is 0 Å². The van der Waals surface area contributed by atoms with Crippen molar-refractivity contribution in [1.82, 2.24) is 15.5 Å². The van der Waals surface area contributed by atoms with Crippen LogP contribution >= 0.6 is 0 Å². The number of benzene rings is 2. The molecule has 2 N–H and O–H groups in total. The van der Waals surface area contributed by atoms with E-state index in [9.17, 15) is 22.8 Å². The fourth-order valence-corrected chi connectivity index (χ4v) is 5.87. The Morgan fingerprint density at radius 1 is 0.871 bits per heavy atom. The van der Waals surface area contributed by atoms with Gasteiger partial charge < -0.3 is 10.6 Å². The lowest BCUT2D eigenvalue weighted by Crippen LogP contribution is -2.55. The number of hydrogen-bond donors (Lipinski definition) is 2. The largest absolute Gasteiger partial charge is 0.320 e. The zero-order valence-corrected chi connectivity index (χ0v) is 18.0. The fraction of sp³-hybridized carbons (Fsp3) is 0.227. The lowest BCUT2D eigenvalue weighted by Gasteiger charge is -2.31. The second kappa shape index (κ2) is 7.35. The van der Waals surface area contributed by atoms with Gasteiger partial charge in [0.05, 0.1) is 20.9 Å². The molecule has 2 heterocycles. The molecule has 2 aromatic carbocycles. The highest BCUT2D eigenvalue weighted by molar-refractivity contribution is 7.95. The summed E-state index contributed by atoms with van der Waals surface area (Å²) in [5.41, 5.74) is 1.48. The number of nitrogens with zero attached hydrogens (tertiary/aromatic N) is 1. The third-order valence-electron chi connectivity index (χ3n) is 5.56. The number of urea groups is 1. The molecule has 8 nitrogen and oxygen atoms in total. The summed E-state index contributed by atoms with van der Waals surface area (Å²) in [6, 6.07) is 12.0. The number of carbonyl (C=O) groups is 3. The van der Waals surface area contributed by atoms with Crippen LogP contribution in [-0.4, -0.2) is 37.3 Å². The van der Waals surface area contributed by atoms with Gasteiger partial charge in [-0.3, -0.25) is 14.5 Å². The van der Waals surface area contributed by atoms with Gasteiger partial charge in [-0.25, -0.2) is 13.2 Å². The molecular formula is C22H21N3O5S. The zero-order valence-electron chi connectivity index (χ0n) is 17.2. The fourth-order valence-electron chi connectivity index (χ4n) is 4.05. The highest BCUT2D eigenvalue weighted by Crippen LogP contribution is 2.35. The number of hydrogen-bond acceptors (Lipinski definition) is 5. The summed E-state index contributed by atoms with van der Waals surface area (Å²) < 4.78 is 27.0. The third kappa shape index (κ3) is 3.31. The Bertz CT molecular complexity index is 1210. The van der Waals surface area contributed by atoms with E-state index in [2.05, 4.69) is 10.6 Å². The molecule has 0 spiro atoms. The minimum atomic E-state index is -4.01. The van der Waals surface area contributed by atoms with Gasteiger partial charge in [-0.05, 0) is 38.1 Å². The van der Waals surface area contributed by atoms with Crippen molar-refractivity contribution in [1.29, 1.82) is 0 Å². The number of allylic oxidation sites excluding steroid dienone is 1. The van der Waals surface area contributed by atoms with Crippen molar-refractivity contribution in [2.75, 3.05) is 0 Å². The maximum Gasteiger partial charge on any atom is 0.320 e. The summed E-state index contributed by atoms with van der Waals surface area (Å²) in [4.78, 5) is 39.3. The van der Waals surface area contributed by atoms with E-state index in [0.717, 1.165) is 10.5 Å². The van der Waals surface area contributed by atoms with Crippen molar-refractivity contribution < 1.29 is 22.8 Å². The summed E-state index contributed by atoms with van der Waals surface area (Å²) in [5, 5.41) is 5.10. The summed E-state index contributed by atoms with van der Waals surface area (Å²) in [6.45, 7) is 4.91. The molecule has 31 heavy (non-hydrogen) atoms. The number of amides is 4. The monoisotopic (exact) mass is 439 g/mol. The van der Waals surface area contributed by atoms with Gasteiger partial charge in [-0.15, -0.1) is 0 Å². The number of aryl methyl sites for hydroxylation is 1. The highest BCUT2D eigenvalue weighted by atomic mass is 32.2. The standard InChI is InChI=1S/C22H21N3O5S/c1-12-8-10-15(11-9-12)31(29,30)18-13(2)19(24-22(28)23-14(18)3)25-20(26)16-6-4-5-7-17(16)21(25)27/h4-11,13,19H,1-3H3,(H2,23,24,28)/t13-,19+/m0/s1. The van der Waals surface area contributed by atoms with Gasteiger partial charge in [0.1, 0.15) is 6.17 Å². The van der Waals surface area contributed by atoms with Crippen molar-refractivity contribution in [2.24, 2.45) is 5.92 Å². The number of rotatable bonds is 3. The number of carbonyl (C=O) groups excluding carboxylic acids is 3. The lowest BCUT2D eigenvalue weighted by molar-refractivity contribution is 0.0528. The van der Waals surface area contributed by atoms with Crippen LogP contribution in [0.3, 0.4) is 0 Å².